The van der Waals surface area contributed by atoms with Crippen LogP contribution >= 0.6 is 0 Å². The summed E-state index contributed by atoms with van der Waals surface area (Å²) < 4.78 is 14.6. The average molecular weight is 540 g/mol. The maximum Gasteiger partial charge on any atom is 0.245 e. The summed E-state index contributed by atoms with van der Waals surface area (Å²) in [4.78, 5) is 41.4. The van der Waals surface area contributed by atoms with Gasteiger partial charge in [-0.3, -0.25) is 14.4 Å². The first-order chi connectivity index (χ1) is 18.4. The van der Waals surface area contributed by atoms with Crippen molar-refractivity contribution in [3.05, 3.63) is 71.0 Å². The van der Waals surface area contributed by atoms with Crippen LogP contribution in [0.1, 0.15) is 43.4 Å². The first kappa shape index (κ1) is 29.9. The minimum absolute atomic E-state index is 0.0306. The van der Waals surface area contributed by atoms with Gasteiger partial charge in [0.05, 0.1) is 12.1 Å². The molecule has 0 radical (unpaired) electrons. The van der Waals surface area contributed by atoms with Crippen molar-refractivity contribution < 1.29 is 23.9 Å². The monoisotopic (exact) mass is 539 g/mol. The summed E-state index contributed by atoms with van der Waals surface area (Å²) in [5.74, 6) is -1.83. The van der Waals surface area contributed by atoms with E-state index in [1.54, 1.807) is 12.1 Å². The fourth-order valence-electron chi connectivity index (χ4n) is 4.82. The number of amides is 3. The summed E-state index contributed by atoms with van der Waals surface area (Å²) in [6.07, 6.45) is 0.681. The van der Waals surface area contributed by atoms with Crippen LogP contribution in [0.15, 0.2) is 48.5 Å². The Morgan fingerprint density at radius 2 is 1.87 bits per heavy atom. The number of aliphatic hydroxyl groups excluding tert-OH is 1. The second kappa shape index (κ2) is 12.5. The number of nitrogens with two attached hydrogens (primary N) is 1. The molecule has 3 amide bonds. The van der Waals surface area contributed by atoms with Crippen molar-refractivity contribution in [1.29, 1.82) is 5.41 Å². The molecule has 0 unspecified atom stereocenters. The fourth-order valence-corrected chi connectivity index (χ4v) is 4.82. The van der Waals surface area contributed by atoms with Crippen LogP contribution in [0.3, 0.4) is 0 Å². The van der Waals surface area contributed by atoms with E-state index in [9.17, 15) is 23.9 Å². The number of hydrogen-bond donors (Lipinski definition) is 5. The molecular weight excluding hydrogens is 501 g/mol. The van der Waals surface area contributed by atoms with Gasteiger partial charge in [-0.25, -0.2) is 4.39 Å². The number of aryl methyl sites for hydroxylation is 1. The quantitative estimate of drug-likeness (QED) is 0.312. The number of carbonyl (C=O) groups is 3. The molecule has 39 heavy (non-hydrogen) atoms. The number of nitrogens with one attached hydrogen (secondary N) is 3. The van der Waals surface area contributed by atoms with E-state index in [4.69, 9.17) is 11.1 Å². The molecule has 0 bridgehead atoms. The first-order valence-electron chi connectivity index (χ1n) is 13.0. The van der Waals surface area contributed by atoms with Gasteiger partial charge in [-0.05, 0) is 55.9 Å². The van der Waals surface area contributed by atoms with Crippen LogP contribution in [0.2, 0.25) is 0 Å². The van der Waals surface area contributed by atoms with Gasteiger partial charge in [0.15, 0.2) is 0 Å². The second-order valence-corrected chi connectivity index (χ2v) is 10.7. The molecule has 6 N–H and O–H groups in total. The summed E-state index contributed by atoms with van der Waals surface area (Å²) in [5, 5.41) is 23.4. The summed E-state index contributed by atoms with van der Waals surface area (Å²) >= 11 is 0. The van der Waals surface area contributed by atoms with E-state index in [1.807, 2.05) is 30.3 Å². The molecule has 0 aromatic heterocycles. The summed E-state index contributed by atoms with van der Waals surface area (Å²) in [6, 6.07) is 12.7. The highest BCUT2D eigenvalue weighted by Gasteiger charge is 2.48. The molecule has 210 valence electrons. The zero-order chi connectivity index (χ0) is 28.8. The maximum absolute atomic E-state index is 14.6. The van der Waals surface area contributed by atoms with Gasteiger partial charge in [-0.15, -0.1) is 0 Å². The Labute approximate surface area is 228 Å². The molecule has 1 aliphatic heterocycles. The van der Waals surface area contributed by atoms with Crippen molar-refractivity contribution in [2.75, 3.05) is 20.1 Å². The molecule has 10 heteroatoms. The van der Waals surface area contributed by atoms with E-state index in [0.717, 1.165) is 5.56 Å². The number of piperidine rings is 1. The normalized spacial score (nSPS) is 18.4. The van der Waals surface area contributed by atoms with Crippen molar-refractivity contribution in [1.82, 2.24) is 15.5 Å². The summed E-state index contributed by atoms with van der Waals surface area (Å²) in [5.41, 5.74) is 5.33. The van der Waals surface area contributed by atoms with E-state index in [2.05, 4.69) is 10.6 Å². The lowest BCUT2D eigenvalue weighted by atomic mass is 9.72. The summed E-state index contributed by atoms with van der Waals surface area (Å²) in [6.45, 7) is 2.94. The largest absolute Gasteiger partial charge is 0.392 e. The van der Waals surface area contributed by atoms with Crippen molar-refractivity contribution in [2.45, 2.75) is 57.7 Å². The molecule has 2 atom stereocenters. The Morgan fingerprint density at radius 1 is 1.18 bits per heavy atom. The molecular formula is C29H38FN5O4. The number of hydrogen-bond acceptors (Lipinski definition) is 6. The number of likely N-dealkylation sites (tertiary alicyclic amines) is 1. The smallest absolute Gasteiger partial charge is 0.245 e. The predicted molar refractivity (Wildman–Crippen MR) is 146 cm³/mol. The van der Waals surface area contributed by atoms with Crippen molar-refractivity contribution in [2.24, 2.45) is 11.1 Å². The Balaban J connectivity index is 1.89. The van der Waals surface area contributed by atoms with Crippen LogP contribution in [0.5, 0.6) is 0 Å². The molecule has 1 fully saturated rings. The van der Waals surface area contributed by atoms with Crippen LogP contribution in [-0.4, -0.2) is 65.2 Å². The number of benzene rings is 2. The molecule has 0 saturated carbocycles. The van der Waals surface area contributed by atoms with E-state index < -0.39 is 34.6 Å². The first-order valence-corrected chi connectivity index (χ1v) is 13.0. The third-order valence-electron chi connectivity index (χ3n) is 7.18. The minimum atomic E-state index is -1.27. The van der Waals surface area contributed by atoms with Crippen LogP contribution in [-0.2, 0) is 33.8 Å². The third kappa shape index (κ3) is 7.07. The summed E-state index contributed by atoms with van der Waals surface area (Å²) in [7, 11) is 1.51. The predicted octanol–water partition coefficient (Wildman–Crippen LogP) is 1.70. The molecule has 1 aliphatic rings. The van der Waals surface area contributed by atoms with Gasteiger partial charge in [0.1, 0.15) is 17.3 Å². The maximum atomic E-state index is 14.6. The molecule has 1 heterocycles. The number of rotatable bonds is 10. The number of aliphatic hydroxyl groups is 1. The fraction of sp³-hybridized carbons (Fsp3) is 0.448. The van der Waals surface area contributed by atoms with Crippen molar-refractivity contribution in [3.63, 3.8) is 0 Å². The topological polar surface area (TPSA) is 149 Å². The van der Waals surface area contributed by atoms with Gasteiger partial charge in [0, 0.05) is 32.3 Å². The van der Waals surface area contributed by atoms with Crippen molar-refractivity contribution >= 4 is 23.4 Å². The number of carbonyl (C=O) groups excluding carboxylic acids is 3. The Kier molecular flexibility index (Phi) is 9.58. The van der Waals surface area contributed by atoms with E-state index in [1.165, 1.54) is 31.9 Å². The Bertz CT molecular complexity index is 1200. The average Bonchev–Trinajstić information content (AvgIpc) is 2.91. The molecule has 0 spiro atoms. The van der Waals surface area contributed by atoms with E-state index in [-0.39, 0.29) is 57.0 Å². The zero-order valence-corrected chi connectivity index (χ0v) is 22.7. The van der Waals surface area contributed by atoms with Crippen molar-refractivity contribution in [3.8, 4) is 0 Å². The van der Waals surface area contributed by atoms with E-state index in [0.29, 0.717) is 11.1 Å². The second-order valence-electron chi connectivity index (χ2n) is 10.7. The van der Waals surface area contributed by atoms with Crippen LogP contribution in [0.4, 0.5) is 4.39 Å². The van der Waals surface area contributed by atoms with Gasteiger partial charge in [-0.2, -0.15) is 0 Å². The number of halogens is 1. The highest BCUT2D eigenvalue weighted by atomic mass is 19.1. The standard InChI is InChI=1S/C29H38FN5O4/c1-28(2,32)26(38)34-23(12-11-21-10-9-20(17-36)15-22(21)30)25(37)35-14-13-24(31)29(18-35,27(39)33-3)16-19-7-5-4-6-8-19/h4-10,15,23,31,36H,11-14,16-18,32H2,1-3H3,(H,33,39)(H,34,38)/t23-,29-/m1/s1. The highest BCUT2D eigenvalue weighted by molar-refractivity contribution is 6.09. The van der Waals surface area contributed by atoms with Gasteiger partial charge in [0.2, 0.25) is 17.7 Å². The minimum Gasteiger partial charge on any atom is -0.392 e. The van der Waals surface area contributed by atoms with Gasteiger partial charge >= 0.3 is 0 Å². The lowest BCUT2D eigenvalue weighted by Crippen LogP contribution is -2.62. The van der Waals surface area contributed by atoms with Crippen LogP contribution in [0, 0.1) is 16.6 Å². The van der Waals surface area contributed by atoms with Gasteiger partial charge in [-0.1, -0.05) is 42.5 Å². The Morgan fingerprint density at radius 3 is 2.46 bits per heavy atom. The lowest BCUT2D eigenvalue weighted by Gasteiger charge is -2.43. The van der Waals surface area contributed by atoms with Crippen LogP contribution in [0.25, 0.3) is 0 Å². The molecule has 2 aromatic carbocycles. The molecule has 9 nitrogen and oxygen atoms in total. The van der Waals surface area contributed by atoms with Gasteiger partial charge < -0.3 is 31.8 Å². The van der Waals surface area contributed by atoms with Gasteiger partial charge in [0.25, 0.3) is 0 Å². The molecule has 2 aromatic rings. The third-order valence-corrected chi connectivity index (χ3v) is 7.18. The van der Waals surface area contributed by atoms with Crippen LogP contribution < -0.4 is 16.4 Å². The highest BCUT2D eigenvalue weighted by Crippen LogP contribution is 2.32. The molecule has 0 aliphatic carbocycles. The Hall–Kier alpha value is -3.63. The SMILES string of the molecule is CNC(=O)[C@]1(Cc2ccccc2)CN(C(=O)[C@@H](CCc2ccc(CO)cc2F)NC(=O)C(C)(C)N)CCC1=N. The van der Waals surface area contributed by atoms with E-state index >= 15 is 0 Å². The molecule has 3 rings (SSSR count). The lowest BCUT2D eigenvalue weighted by molar-refractivity contribution is -0.141. The molecule has 1 saturated heterocycles. The number of nitrogens with zero attached hydrogens (tertiary/aromatic N) is 1. The zero-order valence-electron chi connectivity index (χ0n) is 22.7.